The van der Waals surface area contributed by atoms with Crippen molar-refractivity contribution in [1.29, 1.82) is 5.41 Å². The molecule has 2 aliphatic heterocycles. The predicted molar refractivity (Wildman–Crippen MR) is 121 cm³/mol. The summed E-state index contributed by atoms with van der Waals surface area (Å²) in [6.45, 7) is 2.08. The summed E-state index contributed by atoms with van der Waals surface area (Å²) in [7, 11) is 1.53. The number of likely N-dealkylation sites (N-methyl/N-ethyl adjacent to an activating group) is 1. The molecule has 32 heavy (non-hydrogen) atoms. The highest BCUT2D eigenvalue weighted by molar-refractivity contribution is 6.45. The summed E-state index contributed by atoms with van der Waals surface area (Å²) in [6.07, 6.45) is 7.39. The number of carbonyl (C=O) groups is 3. The van der Waals surface area contributed by atoms with Gasteiger partial charge in [0.25, 0.3) is 0 Å². The van der Waals surface area contributed by atoms with Crippen LogP contribution in [0.1, 0.15) is 18.9 Å². The molecule has 0 radical (unpaired) electrons. The number of anilines is 1. The molecular formula is C22H26N6O4. The van der Waals surface area contributed by atoms with Crippen LogP contribution in [0.25, 0.3) is 0 Å². The molecule has 1 aromatic carbocycles. The molecule has 2 amide bonds. The van der Waals surface area contributed by atoms with Crippen molar-refractivity contribution in [3.8, 4) is 5.75 Å². The Morgan fingerprint density at radius 1 is 1.31 bits per heavy atom. The monoisotopic (exact) mass is 438 g/mol. The maximum absolute atomic E-state index is 12.7. The highest BCUT2D eigenvalue weighted by Gasteiger charge is 2.30. The van der Waals surface area contributed by atoms with E-state index in [0.29, 0.717) is 35.8 Å². The number of ketones is 1. The highest BCUT2D eigenvalue weighted by Crippen LogP contribution is 2.24. The molecule has 3 rings (SSSR count). The van der Waals surface area contributed by atoms with Gasteiger partial charge in [-0.3, -0.25) is 19.8 Å². The van der Waals surface area contributed by atoms with E-state index in [1.807, 2.05) is 6.08 Å². The number of benzene rings is 1. The van der Waals surface area contributed by atoms with Crippen LogP contribution in [0.2, 0.25) is 0 Å². The quantitative estimate of drug-likeness (QED) is 0.421. The second-order valence-corrected chi connectivity index (χ2v) is 7.17. The molecule has 2 aliphatic rings. The fourth-order valence-electron chi connectivity index (χ4n) is 3.26. The maximum atomic E-state index is 12.7. The predicted octanol–water partition coefficient (Wildman–Crippen LogP) is 0.810. The van der Waals surface area contributed by atoms with Gasteiger partial charge in [0.05, 0.1) is 6.54 Å². The summed E-state index contributed by atoms with van der Waals surface area (Å²) in [5, 5.41) is 16.8. The zero-order valence-corrected chi connectivity index (χ0v) is 18.0. The zero-order chi connectivity index (χ0) is 23.1. The number of rotatable bonds is 9. The third kappa shape index (κ3) is 5.39. The number of nitrogens with zero attached hydrogens (tertiary/aromatic N) is 2. The van der Waals surface area contributed by atoms with Gasteiger partial charge < -0.3 is 25.6 Å². The standard InChI is InChI=1S/C22H26N6O4/c1-14(29)21(23)16-11-15(32-13-19-25-8-4-9-26-19)6-7-17(16)27-12-20(30)28-10-3-5-18(28)22(31)24-2/h3-4,6-8,10-11,18,23,27H,5,9,12-13H2,1-2H3,(H,24,31)(H,25,26)/t18-/m0/s1. The van der Waals surface area contributed by atoms with Crippen molar-refractivity contribution in [1.82, 2.24) is 15.5 Å². The Balaban J connectivity index is 1.71. The van der Waals surface area contributed by atoms with Gasteiger partial charge in [0, 0.05) is 44.2 Å². The lowest BCUT2D eigenvalue weighted by Crippen LogP contribution is -2.45. The summed E-state index contributed by atoms with van der Waals surface area (Å²) in [5.41, 5.74) is 0.563. The van der Waals surface area contributed by atoms with Gasteiger partial charge in [-0.25, -0.2) is 4.99 Å². The molecule has 0 bridgehead atoms. The third-order valence-electron chi connectivity index (χ3n) is 4.98. The molecule has 0 unspecified atom stereocenters. The van der Waals surface area contributed by atoms with Crippen molar-refractivity contribution in [3.63, 3.8) is 0 Å². The topological polar surface area (TPSA) is 136 Å². The molecule has 168 valence electrons. The van der Waals surface area contributed by atoms with Gasteiger partial charge in [-0.15, -0.1) is 0 Å². The maximum Gasteiger partial charge on any atom is 0.246 e. The van der Waals surface area contributed by atoms with Crippen molar-refractivity contribution in [3.05, 3.63) is 48.3 Å². The molecule has 0 aliphatic carbocycles. The van der Waals surface area contributed by atoms with Crippen LogP contribution in [-0.4, -0.2) is 66.8 Å². The lowest BCUT2D eigenvalue weighted by atomic mass is 10.0. The highest BCUT2D eigenvalue weighted by atomic mass is 16.5. The first kappa shape index (κ1) is 22.7. The van der Waals surface area contributed by atoms with Crippen LogP contribution in [0.5, 0.6) is 5.75 Å². The molecular weight excluding hydrogens is 412 g/mol. The summed E-state index contributed by atoms with van der Waals surface area (Å²) >= 11 is 0. The second kappa shape index (κ2) is 10.4. The number of hydrogen-bond donors (Lipinski definition) is 4. The van der Waals surface area contributed by atoms with E-state index >= 15 is 0 Å². The summed E-state index contributed by atoms with van der Waals surface area (Å²) < 4.78 is 5.74. The largest absolute Gasteiger partial charge is 0.486 e. The van der Waals surface area contributed by atoms with Crippen LogP contribution in [0, 0.1) is 5.41 Å². The third-order valence-corrected chi connectivity index (χ3v) is 4.98. The normalized spacial score (nSPS) is 16.8. The number of amidine groups is 1. The molecule has 0 spiro atoms. The SMILES string of the molecule is CNC(=O)[C@@H]1CC=CN1C(=O)CNc1ccc(OCC2=NC=CCN2)cc1C(=N)C(C)=O. The number of Topliss-reactive ketones (excluding diaryl/α,β-unsaturated/α-hetero) is 1. The number of hydrogen-bond acceptors (Lipinski definition) is 8. The molecule has 10 nitrogen and oxygen atoms in total. The molecule has 0 aromatic heterocycles. The number of aliphatic imine (C=N–C) groups is 1. The first-order chi connectivity index (χ1) is 15.4. The molecule has 0 saturated heterocycles. The lowest BCUT2D eigenvalue weighted by molar-refractivity contribution is -0.135. The van der Waals surface area contributed by atoms with E-state index in [1.54, 1.807) is 36.7 Å². The van der Waals surface area contributed by atoms with Gasteiger partial charge in [-0.2, -0.15) is 0 Å². The fraction of sp³-hybridized carbons (Fsp3) is 0.318. The first-order valence-electron chi connectivity index (χ1n) is 10.2. The number of amides is 2. The Kier molecular flexibility index (Phi) is 7.37. The van der Waals surface area contributed by atoms with Gasteiger partial charge in [-0.05, 0) is 30.7 Å². The Morgan fingerprint density at radius 3 is 2.81 bits per heavy atom. The smallest absolute Gasteiger partial charge is 0.246 e. The molecule has 10 heteroatoms. The minimum atomic E-state index is -0.578. The van der Waals surface area contributed by atoms with Gasteiger partial charge in [0.2, 0.25) is 11.8 Å². The van der Waals surface area contributed by atoms with Crippen molar-refractivity contribution in [2.24, 2.45) is 4.99 Å². The molecule has 4 N–H and O–H groups in total. The molecule has 0 fully saturated rings. The Bertz CT molecular complexity index is 1010. The van der Waals surface area contributed by atoms with Crippen LogP contribution in [0.3, 0.4) is 0 Å². The van der Waals surface area contributed by atoms with E-state index in [2.05, 4.69) is 20.9 Å². The molecule has 0 saturated carbocycles. The van der Waals surface area contributed by atoms with Crippen LogP contribution in [0.4, 0.5) is 5.69 Å². The molecule has 1 atom stereocenters. The van der Waals surface area contributed by atoms with E-state index in [4.69, 9.17) is 10.1 Å². The number of nitrogens with one attached hydrogen (secondary N) is 4. The van der Waals surface area contributed by atoms with E-state index in [1.165, 1.54) is 18.9 Å². The van der Waals surface area contributed by atoms with Gasteiger partial charge in [-0.1, -0.05) is 6.08 Å². The fourth-order valence-corrected chi connectivity index (χ4v) is 3.26. The Labute approximate surface area is 185 Å². The second-order valence-electron chi connectivity index (χ2n) is 7.17. The Hall–Kier alpha value is -3.95. The van der Waals surface area contributed by atoms with Crippen molar-refractivity contribution in [2.45, 2.75) is 19.4 Å². The van der Waals surface area contributed by atoms with E-state index < -0.39 is 11.8 Å². The molecule has 1 aromatic rings. The average Bonchev–Trinajstić information content (AvgIpc) is 3.31. The summed E-state index contributed by atoms with van der Waals surface area (Å²) in [4.78, 5) is 42.1. The average molecular weight is 438 g/mol. The number of carbonyl (C=O) groups excluding carboxylic acids is 3. The lowest BCUT2D eigenvalue weighted by Gasteiger charge is -2.23. The van der Waals surface area contributed by atoms with Crippen LogP contribution in [-0.2, 0) is 14.4 Å². The van der Waals surface area contributed by atoms with E-state index in [-0.39, 0.29) is 30.7 Å². The van der Waals surface area contributed by atoms with Crippen molar-refractivity contribution < 1.29 is 19.1 Å². The molecule has 2 heterocycles. The van der Waals surface area contributed by atoms with E-state index in [9.17, 15) is 14.4 Å². The van der Waals surface area contributed by atoms with Crippen LogP contribution in [0.15, 0.2) is 47.7 Å². The first-order valence-corrected chi connectivity index (χ1v) is 10.2. The van der Waals surface area contributed by atoms with Crippen LogP contribution < -0.4 is 20.7 Å². The minimum Gasteiger partial charge on any atom is -0.486 e. The van der Waals surface area contributed by atoms with Gasteiger partial charge in [0.1, 0.15) is 29.9 Å². The summed E-state index contributed by atoms with van der Waals surface area (Å²) in [5.74, 6) is 0.179. The zero-order valence-electron chi connectivity index (χ0n) is 18.0. The van der Waals surface area contributed by atoms with Crippen molar-refractivity contribution in [2.75, 3.05) is 32.1 Å². The minimum absolute atomic E-state index is 0.108. The van der Waals surface area contributed by atoms with Gasteiger partial charge in [0.15, 0.2) is 5.78 Å². The van der Waals surface area contributed by atoms with Crippen molar-refractivity contribution >= 4 is 34.8 Å². The van der Waals surface area contributed by atoms with Gasteiger partial charge >= 0.3 is 0 Å². The Morgan fingerprint density at radius 2 is 2.12 bits per heavy atom. The van der Waals surface area contributed by atoms with E-state index in [0.717, 1.165) is 0 Å². The van der Waals surface area contributed by atoms with Crippen LogP contribution >= 0.6 is 0 Å². The summed E-state index contributed by atoms with van der Waals surface area (Å²) in [6, 6.07) is 4.35. The number of ether oxygens (including phenoxy) is 1.